The number of sulfonamides is 1. The predicted molar refractivity (Wildman–Crippen MR) is 137 cm³/mol. The van der Waals surface area contributed by atoms with Crippen molar-refractivity contribution in [2.24, 2.45) is 5.14 Å². The molecule has 11 heteroatoms. The molecule has 1 saturated heterocycles. The summed E-state index contributed by atoms with van der Waals surface area (Å²) in [6.07, 6.45) is 0.612. The minimum Gasteiger partial charge on any atom is -0.497 e. The highest BCUT2D eigenvalue weighted by Crippen LogP contribution is 2.27. The van der Waals surface area contributed by atoms with Gasteiger partial charge in [0.1, 0.15) is 29.7 Å². The van der Waals surface area contributed by atoms with Crippen LogP contribution in [0.1, 0.15) is 31.4 Å². The number of ether oxygens (including phenoxy) is 2. The van der Waals surface area contributed by atoms with Crippen molar-refractivity contribution in [3.8, 4) is 11.5 Å². The zero-order valence-electron chi connectivity index (χ0n) is 21.4. The van der Waals surface area contributed by atoms with Gasteiger partial charge in [-0.3, -0.25) is 14.5 Å². The highest BCUT2D eigenvalue weighted by Gasteiger charge is 2.31. The number of carbonyl (C=O) groups excluding carboxylic acids is 2. The molecule has 1 heterocycles. The molecule has 202 valence electrons. The lowest BCUT2D eigenvalue weighted by molar-refractivity contribution is -0.137. The third-order valence-electron chi connectivity index (χ3n) is 6.37. The Balaban J connectivity index is 1.60. The van der Waals surface area contributed by atoms with Gasteiger partial charge in [0.05, 0.1) is 7.11 Å². The molecule has 2 aromatic carbocycles. The van der Waals surface area contributed by atoms with Crippen LogP contribution >= 0.6 is 0 Å². The van der Waals surface area contributed by atoms with Gasteiger partial charge in [-0.25, -0.2) is 17.9 Å². The summed E-state index contributed by atoms with van der Waals surface area (Å²) in [6.45, 7) is 5.59. The molecule has 0 aromatic heterocycles. The van der Waals surface area contributed by atoms with Crippen molar-refractivity contribution >= 4 is 21.7 Å². The van der Waals surface area contributed by atoms with Gasteiger partial charge >= 0.3 is 0 Å². The van der Waals surface area contributed by atoms with Crippen LogP contribution in [0.5, 0.6) is 11.5 Å². The molecule has 37 heavy (non-hydrogen) atoms. The van der Waals surface area contributed by atoms with Crippen LogP contribution < -0.4 is 14.6 Å². The monoisotopic (exact) mass is 535 g/mol. The summed E-state index contributed by atoms with van der Waals surface area (Å²) in [6, 6.07) is 11.7. The number of Topliss-reactive ketones (excluding diaryl/α,β-unsaturated/α-hetero) is 1. The first kappa shape index (κ1) is 28.5. The van der Waals surface area contributed by atoms with E-state index in [9.17, 15) is 22.4 Å². The van der Waals surface area contributed by atoms with E-state index in [-0.39, 0.29) is 30.2 Å². The molecule has 1 aliphatic rings. The predicted octanol–water partition coefficient (Wildman–Crippen LogP) is 2.12. The number of amides is 1. The Hall–Kier alpha value is -3.02. The number of nitrogens with two attached hydrogens (primary N) is 1. The van der Waals surface area contributed by atoms with Crippen molar-refractivity contribution in [2.75, 3.05) is 32.6 Å². The average molecular weight is 536 g/mol. The van der Waals surface area contributed by atoms with E-state index in [1.807, 2.05) is 11.8 Å². The Kier molecular flexibility index (Phi) is 9.63. The van der Waals surface area contributed by atoms with Gasteiger partial charge in [0.25, 0.3) is 0 Å². The maximum Gasteiger partial charge on any atom is 0.223 e. The van der Waals surface area contributed by atoms with Crippen molar-refractivity contribution in [1.29, 1.82) is 0 Å². The van der Waals surface area contributed by atoms with E-state index in [4.69, 9.17) is 14.6 Å². The zero-order chi connectivity index (χ0) is 27.2. The quantitative estimate of drug-likeness (QED) is 0.468. The van der Waals surface area contributed by atoms with E-state index in [0.717, 1.165) is 5.56 Å². The molecular formula is C26H34FN3O6S. The Morgan fingerprint density at radius 2 is 1.78 bits per heavy atom. The van der Waals surface area contributed by atoms with Crippen molar-refractivity contribution in [2.45, 2.75) is 45.3 Å². The van der Waals surface area contributed by atoms with Crippen molar-refractivity contribution in [3.63, 3.8) is 0 Å². The van der Waals surface area contributed by atoms with Crippen LogP contribution in [-0.2, 0) is 32.6 Å². The molecular weight excluding hydrogens is 501 g/mol. The first-order valence-corrected chi connectivity index (χ1v) is 13.8. The summed E-state index contributed by atoms with van der Waals surface area (Å²) in [5.74, 6) is -0.889. The zero-order valence-corrected chi connectivity index (χ0v) is 22.2. The molecule has 1 aliphatic heterocycles. The lowest BCUT2D eigenvalue weighted by Gasteiger charge is -2.44. The molecule has 2 atom stereocenters. The first-order chi connectivity index (χ1) is 17.4. The molecule has 0 radical (unpaired) electrons. The Morgan fingerprint density at radius 3 is 2.43 bits per heavy atom. The number of piperazine rings is 1. The lowest BCUT2D eigenvalue weighted by Crippen LogP contribution is -2.57. The summed E-state index contributed by atoms with van der Waals surface area (Å²) >= 11 is 0. The van der Waals surface area contributed by atoms with Crippen LogP contribution in [0.15, 0.2) is 42.5 Å². The second kappa shape index (κ2) is 12.5. The second-order valence-electron chi connectivity index (χ2n) is 9.41. The fraction of sp³-hybridized carbons (Fsp3) is 0.462. The Labute approximate surface area is 217 Å². The lowest BCUT2D eigenvalue weighted by atomic mass is 10.0. The molecule has 1 fully saturated rings. The Bertz CT molecular complexity index is 1210. The fourth-order valence-electron chi connectivity index (χ4n) is 4.40. The highest BCUT2D eigenvalue weighted by atomic mass is 32.2. The maximum absolute atomic E-state index is 13.2. The van der Waals surface area contributed by atoms with Crippen LogP contribution in [-0.4, -0.2) is 74.6 Å². The van der Waals surface area contributed by atoms with Crippen LogP contribution in [0.2, 0.25) is 0 Å². The summed E-state index contributed by atoms with van der Waals surface area (Å²) in [4.78, 5) is 29.2. The molecule has 9 nitrogen and oxygen atoms in total. The number of rotatable bonds is 11. The molecule has 1 amide bonds. The number of benzene rings is 2. The number of hydrogen-bond acceptors (Lipinski definition) is 7. The molecule has 0 bridgehead atoms. The molecule has 2 aromatic rings. The molecule has 0 spiro atoms. The molecule has 2 N–H and O–H groups in total. The van der Waals surface area contributed by atoms with Crippen molar-refractivity contribution in [3.05, 3.63) is 59.4 Å². The van der Waals surface area contributed by atoms with E-state index in [2.05, 4.69) is 11.8 Å². The first-order valence-electron chi connectivity index (χ1n) is 12.0. The van der Waals surface area contributed by atoms with Gasteiger partial charge in [-0.05, 0) is 49.6 Å². The standard InChI is InChI=1S/C26H34FN3O6S/c1-18-14-30(19(2)13-29(18)15-20-4-8-22(27)9-5-20)26(32)11-7-21-6-10-24(35-3)12-25(21)36-16-23(31)17-37(28,33)34/h4-6,8-10,12,18-19H,7,11,13-17H2,1-3H3,(H2,28,33,34)/t18-,19+/m0/s1. The van der Waals surface area contributed by atoms with E-state index >= 15 is 0 Å². The van der Waals surface area contributed by atoms with Crippen molar-refractivity contribution in [1.82, 2.24) is 9.80 Å². The minimum absolute atomic E-state index is 0.00608. The van der Waals surface area contributed by atoms with Gasteiger partial charge in [-0.1, -0.05) is 18.2 Å². The topological polar surface area (TPSA) is 119 Å². The van der Waals surface area contributed by atoms with Crippen LogP contribution in [0.25, 0.3) is 0 Å². The van der Waals surface area contributed by atoms with E-state index in [1.54, 1.807) is 30.3 Å². The number of halogens is 1. The normalized spacial score (nSPS) is 18.5. The smallest absolute Gasteiger partial charge is 0.223 e. The average Bonchev–Trinajstić information content (AvgIpc) is 2.83. The van der Waals surface area contributed by atoms with Crippen molar-refractivity contribution < 1.29 is 31.9 Å². The fourth-order valence-corrected chi connectivity index (χ4v) is 4.93. The van der Waals surface area contributed by atoms with Gasteiger partial charge in [0.15, 0.2) is 5.78 Å². The van der Waals surface area contributed by atoms with Crippen LogP contribution in [0, 0.1) is 5.82 Å². The van der Waals surface area contributed by atoms with Gasteiger partial charge in [-0.15, -0.1) is 0 Å². The summed E-state index contributed by atoms with van der Waals surface area (Å²) in [5.41, 5.74) is 1.73. The van der Waals surface area contributed by atoms with Gasteiger partial charge in [-0.2, -0.15) is 0 Å². The number of carbonyl (C=O) groups is 2. The molecule has 0 saturated carbocycles. The van der Waals surface area contributed by atoms with Crippen LogP contribution in [0.4, 0.5) is 4.39 Å². The molecule has 0 unspecified atom stereocenters. The second-order valence-corrected chi connectivity index (χ2v) is 11.0. The summed E-state index contributed by atoms with van der Waals surface area (Å²) in [5, 5.41) is 4.92. The number of nitrogens with zero attached hydrogens (tertiary/aromatic N) is 2. The molecule has 3 rings (SSSR count). The van der Waals surface area contributed by atoms with E-state index < -0.39 is 28.2 Å². The molecule has 0 aliphatic carbocycles. The highest BCUT2D eigenvalue weighted by molar-refractivity contribution is 7.89. The van der Waals surface area contributed by atoms with Gasteiger partial charge < -0.3 is 14.4 Å². The van der Waals surface area contributed by atoms with E-state index in [0.29, 0.717) is 43.1 Å². The number of ketones is 1. The third-order valence-corrected chi connectivity index (χ3v) is 7.09. The summed E-state index contributed by atoms with van der Waals surface area (Å²) < 4.78 is 46.3. The van der Waals surface area contributed by atoms with Gasteiger partial charge in [0, 0.05) is 44.2 Å². The maximum atomic E-state index is 13.2. The third kappa shape index (κ3) is 8.51. The number of hydrogen-bond donors (Lipinski definition) is 1. The number of primary sulfonamides is 1. The van der Waals surface area contributed by atoms with Gasteiger partial charge in [0.2, 0.25) is 15.9 Å². The van der Waals surface area contributed by atoms with E-state index in [1.165, 1.54) is 19.2 Å². The number of methoxy groups -OCH3 is 1. The Morgan fingerprint density at radius 1 is 1.08 bits per heavy atom. The largest absolute Gasteiger partial charge is 0.497 e. The number of aryl methyl sites for hydroxylation is 1. The SMILES string of the molecule is COc1ccc(CCC(=O)N2C[C@H](C)N(Cc3ccc(F)cc3)C[C@H]2C)c(OCC(=O)CS(N)(=O)=O)c1. The minimum atomic E-state index is -3.94. The summed E-state index contributed by atoms with van der Waals surface area (Å²) in [7, 11) is -2.45. The van der Waals surface area contributed by atoms with Crippen LogP contribution in [0.3, 0.4) is 0 Å².